The Bertz CT molecular complexity index is 814. The van der Waals surface area contributed by atoms with E-state index in [2.05, 4.69) is 12.2 Å². The van der Waals surface area contributed by atoms with Crippen LogP contribution in [0.1, 0.15) is 49.9 Å². The van der Waals surface area contributed by atoms with Crippen molar-refractivity contribution in [3.05, 3.63) is 54.1 Å². The maximum absolute atomic E-state index is 12.4. The number of hydrogen-bond acceptors (Lipinski definition) is 4. The third-order valence-electron chi connectivity index (χ3n) is 5.41. The van der Waals surface area contributed by atoms with Crippen LogP contribution < -0.4 is 5.32 Å². The summed E-state index contributed by atoms with van der Waals surface area (Å²) >= 11 is 0. The second kappa shape index (κ2) is 8.91. The van der Waals surface area contributed by atoms with Crippen LogP contribution in [0.5, 0.6) is 5.75 Å². The van der Waals surface area contributed by atoms with Gasteiger partial charge < -0.3 is 15.2 Å². The molecule has 1 saturated carbocycles. The van der Waals surface area contributed by atoms with Crippen molar-refractivity contribution in [3.8, 4) is 16.9 Å². The van der Waals surface area contributed by atoms with Gasteiger partial charge in [-0.3, -0.25) is 4.79 Å². The van der Waals surface area contributed by atoms with Gasteiger partial charge in [0.25, 0.3) is 5.91 Å². The number of hydrogen-bond donors (Lipinski definition) is 2. The smallest absolute Gasteiger partial charge is 0.338 e. The second-order valence-electron chi connectivity index (χ2n) is 7.55. The molecule has 2 aromatic rings. The first-order valence-electron chi connectivity index (χ1n) is 9.85. The van der Waals surface area contributed by atoms with E-state index in [1.807, 2.05) is 12.1 Å². The van der Waals surface area contributed by atoms with E-state index in [-0.39, 0.29) is 17.7 Å². The molecule has 28 heavy (non-hydrogen) atoms. The van der Waals surface area contributed by atoms with Crippen LogP contribution in [-0.2, 0) is 9.53 Å². The summed E-state index contributed by atoms with van der Waals surface area (Å²) < 4.78 is 5.35. The van der Waals surface area contributed by atoms with Crippen molar-refractivity contribution < 1.29 is 19.4 Å². The Morgan fingerprint density at radius 3 is 2.18 bits per heavy atom. The Morgan fingerprint density at radius 1 is 1.00 bits per heavy atom. The first-order chi connectivity index (χ1) is 13.4. The van der Waals surface area contributed by atoms with E-state index in [0.29, 0.717) is 11.5 Å². The minimum Gasteiger partial charge on any atom is -0.508 e. The van der Waals surface area contributed by atoms with Crippen molar-refractivity contribution in [2.75, 3.05) is 0 Å². The monoisotopic (exact) mass is 381 g/mol. The molecule has 3 atom stereocenters. The van der Waals surface area contributed by atoms with Crippen LogP contribution in [0.15, 0.2) is 48.5 Å². The Kier molecular flexibility index (Phi) is 6.34. The molecule has 0 spiro atoms. The largest absolute Gasteiger partial charge is 0.508 e. The molecule has 1 aliphatic rings. The molecule has 1 amide bonds. The predicted octanol–water partition coefficient (Wildman–Crippen LogP) is 4.30. The molecule has 0 unspecified atom stereocenters. The minimum atomic E-state index is -0.835. The average molecular weight is 381 g/mol. The molecule has 0 heterocycles. The van der Waals surface area contributed by atoms with Gasteiger partial charge in [0.2, 0.25) is 0 Å². The van der Waals surface area contributed by atoms with Crippen molar-refractivity contribution in [2.24, 2.45) is 5.92 Å². The van der Waals surface area contributed by atoms with Gasteiger partial charge in [-0.1, -0.05) is 44.0 Å². The zero-order valence-corrected chi connectivity index (χ0v) is 16.4. The third-order valence-corrected chi connectivity index (χ3v) is 5.41. The lowest BCUT2D eigenvalue weighted by Crippen LogP contribution is -2.45. The molecule has 2 aromatic carbocycles. The van der Waals surface area contributed by atoms with E-state index in [0.717, 1.165) is 30.4 Å². The van der Waals surface area contributed by atoms with Gasteiger partial charge in [0.15, 0.2) is 6.10 Å². The maximum Gasteiger partial charge on any atom is 0.338 e. The highest BCUT2D eigenvalue weighted by molar-refractivity contribution is 5.92. The van der Waals surface area contributed by atoms with Crippen molar-refractivity contribution in [1.82, 2.24) is 5.32 Å². The number of esters is 1. The van der Waals surface area contributed by atoms with Gasteiger partial charge in [-0.05, 0) is 61.1 Å². The lowest BCUT2D eigenvalue weighted by atomic mass is 9.86. The summed E-state index contributed by atoms with van der Waals surface area (Å²) in [7, 11) is 0. The SMILES string of the molecule is C[C@H](OC(=O)c1ccc(-c2ccc(O)cc2)cc1)C(=O)N[C@H]1CCCC[C@@H]1C. The highest BCUT2D eigenvalue weighted by Gasteiger charge is 2.26. The normalized spacial score (nSPS) is 20.2. The van der Waals surface area contributed by atoms with Crippen molar-refractivity contribution in [2.45, 2.75) is 51.7 Å². The first-order valence-corrected chi connectivity index (χ1v) is 9.85. The summed E-state index contributed by atoms with van der Waals surface area (Å²) in [6.07, 6.45) is 3.59. The van der Waals surface area contributed by atoms with Crippen LogP contribution in [0, 0.1) is 5.92 Å². The molecule has 1 fully saturated rings. The van der Waals surface area contributed by atoms with Gasteiger partial charge in [0, 0.05) is 6.04 Å². The summed E-state index contributed by atoms with van der Waals surface area (Å²) in [5.74, 6) is -0.101. The molecule has 5 heteroatoms. The Hall–Kier alpha value is -2.82. The molecular formula is C23H27NO4. The molecular weight excluding hydrogens is 354 g/mol. The van der Waals surface area contributed by atoms with E-state index in [1.165, 1.54) is 6.42 Å². The molecule has 5 nitrogen and oxygen atoms in total. The number of rotatable bonds is 5. The minimum absolute atomic E-state index is 0.159. The molecule has 0 radical (unpaired) electrons. The molecule has 0 bridgehead atoms. The number of carbonyl (C=O) groups excluding carboxylic acids is 2. The number of ether oxygens (including phenoxy) is 1. The van der Waals surface area contributed by atoms with Gasteiger partial charge in [-0.15, -0.1) is 0 Å². The topological polar surface area (TPSA) is 75.6 Å². The quantitative estimate of drug-likeness (QED) is 0.757. The molecule has 3 rings (SSSR count). The number of carbonyl (C=O) groups is 2. The number of phenols is 1. The summed E-state index contributed by atoms with van der Waals surface area (Å²) in [5.41, 5.74) is 2.26. The van der Waals surface area contributed by atoms with E-state index < -0.39 is 12.1 Å². The van der Waals surface area contributed by atoms with Crippen LogP contribution in [0.25, 0.3) is 11.1 Å². The van der Waals surface area contributed by atoms with Crippen molar-refractivity contribution in [1.29, 1.82) is 0 Å². The lowest BCUT2D eigenvalue weighted by molar-refractivity contribution is -0.130. The van der Waals surface area contributed by atoms with Gasteiger partial charge in [-0.25, -0.2) is 4.79 Å². The summed E-state index contributed by atoms with van der Waals surface area (Å²) in [4.78, 5) is 24.8. The number of phenolic OH excluding ortho intramolecular Hbond substituents is 1. The van der Waals surface area contributed by atoms with Crippen LogP contribution in [0.4, 0.5) is 0 Å². The fraction of sp³-hybridized carbons (Fsp3) is 0.391. The van der Waals surface area contributed by atoms with Gasteiger partial charge in [-0.2, -0.15) is 0 Å². The molecule has 0 saturated heterocycles. The molecule has 1 aliphatic carbocycles. The Labute approximate surface area is 165 Å². The molecule has 148 valence electrons. The number of nitrogens with one attached hydrogen (secondary N) is 1. The fourth-order valence-electron chi connectivity index (χ4n) is 3.57. The first kappa shape index (κ1) is 19.9. The van der Waals surface area contributed by atoms with Gasteiger partial charge in [0.1, 0.15) is 5.75 Å². The number of amides is 1. The average Bonchev–Trinajstić information content (AvgIpc) is 2.70. The third kappa shape index (κ3) is 4.91. The number of aromatic hydroxyl groups is 1. The van der Waals surface area contributed by atoms with E-state index in [1.54, 1.807) is 43.3 Å². The summed E-state index contributed by atoms with van der Waals surface area (Å²) in [6.45, 7) is 3.75. The fourth-order valence-corrected chi connectivity index (χ4v) is 3.57. The standard InChI is InChI=1S/C23H27NO4/c1-15-5-3-4-6-21(15)24-22(26)16(2)28-23(27)19-9-7-17(8-10-19)18-11-13-20(25)14-12-18/h7-16,21,25H,3-6H2,1-2H3,(H,24,26)/t15-,16-,21-/m0/s1. The van der Waals surface area contributed by atoms with Crippen LogP contribution in [0.2, 0.25) is 0 Å². The van der Waals surface area contributed by atoms with Crippen molar-refractivity contribution in [3.63, 3.8) is 0 Å². The zero-order chi connectivity index (χ0) is 20.1. The second-order valence-corrected chi connectivity index (χ2v) is 7.55. The molecule has 0 aliphatic heterocycles. The summed E-state index contributed by atoms with van der Waals surface area (Å²) in [6, 6.07) is 14.0. The van der Waals surface area contributed by atoms with Gasteiger partial charge >= 0.3 is 5.97 Å². The predicted molar refractivity (Wildman–Crippen MR) is 108 cm³/mol. The number of benzene rings is 2. The van der Waals surface area contributed by atoms with E-state index in [9.17, 15) is 14.7 Å². The Balaban J connectivity index is 1.57. The van der Waals surface area contributed by atoms with E-state index >= 15 is 0 Å². The summed E-state index contributed by atoms with van der Waals surface area (Å²) in [5, 5.41) is 12.4. The highest BCUT2D eigenvalue weighted by Crippen LogP contribution is 2.24. The van der Waals surface area contributed by atoms with Crippen molar-refractivity contribution >= 4 is 11.9 Å². The molecule has 0 aromatic heterocycles. The van der Waals surface area contributed by atoms with Gasteiger partial charge in [0.05, 0.1) is 5.56 Å². The van der Waals surface area contributed by atoms with Crippen LogP contribution in [-0.4, -0.2) is 29.1 Å². The van der Waals surface area contributed by atoms with Crippen LogP contribution in [0.3, 0.4) is 0 Å². The maximum atomic E-state index is 12.4. The zero-order valence-electron chi connectivity index (χ0n) is 16.4. The molecule has 2 N–H and O–H groups in total. The van der Waals surface area contributed by atoms with E-state index in [4.69, 9.17) is 4.74 Å². The highest BCUT2D eigenvalue weighted by atomic mass is 16.5. The Morgan fingerprint density at radius 2 is 1.57 bits per heavy atom. The lowest BCUT2D eigenvalue weighted by Gasteiger charge is -2.30. The van der Waals surface area contributed by atoms with Crippen LogP contribution >= 0.6 is 0 Å².